The number of sulfonamides is 1. The average Bonchev–Trinajstić information content (AvgIpc) is 3.90. The van der Waals surface area contributed by atoms with E-state index >= 15 is 0 Å². The molecule has 3 aromatic carbocycles. The fourth-order valence-electron chi connectivity index (χ4n) is 6.30. The molecule has 2 N–H and O–H groups in total. The Morgan fingerprint density at radius 3 is 2.34 bits per heavy atom. The maximum atomic E-state index is 14.8. The third kappa shape index (κ3) is 5.98. The van der Waals surface area contributed by atoms with Gasteiger partial charge in [-0.25, -0.2) is 17.5 Å². The number of amides is 1. The molecule has 1 heterocycles. The highest BCUT2D eigenvalue weighted by molar-refractivity contribution is 7.90. The molecular formula is C32H31Cl2FN2O6S. The highest BCUT2D eigenvalue weighted by Gasteiger charge is 2.58. The lowest BCUT2D eigenvalue weighted by Gasteiger charge is -2.48. The van der Waals surface area contributed by atoms with E-state index in [0.717, 1.165) is 12.8 Å². The predicted molar refractivity (Wildman–Crippen MR) is 163 cm³/mol. The summed E-state index contributed by atoms with van der Waals surface area (Å²) >= 11 is 12.6. The Morgan fingerprint density at radius 1 is 1.02 bits per heavy atom. The molecule has 2 aliphatic carbocycles. The van der Waals surface area contributed by atoms with Gasteiger partial charge in [0.25, 0.3) is 5.91 Å². The van der Waals surface area contributed by atoms with E-state index in [1.165, 1.54) is 18.2 Å². The van der Waals surface area contributed by atoms with Crippen LogP contribution in [0.1, 0.15) is 60.9 Å². The third-order valence-corrected chi connectivity index (χ3v) is 11.5. The van der Waals surface area contributed by atoms with Crippen molar-refractivity contribution in [2.24, 2.45) is 5.92 Å². The van der Waals surface area contributed by atoms with Crippen molar-refractivity contribution >= 4 is 45.1 Å². The van der Waals surface area contributed by atoms with Crippen molar-refractivity contribution in [3.63, 3.8) is 0 Å². The molecule has 2 saturated carbocycles. The van der Waals surface area contributed by atoms with Gasteiger partial charge in [0, 0.05) is 28.2 Å². The maximum Gasteiger partial charge on any atom is 0.306 e. The summed E-state index contributed by atoms with van der Waals surface area (Å²) < 4.78 is 50.0. The summed E-state index contributed by atoms with van der Waals surface area (Å²) in [6, 6.07) is 18.4. The first-order chi connectivity index (χ1) is 21.0. The second-order valence-electron chi connectivity index (χ2n) is 11.7. The smallest absolute Gasteiger partial charge is 0.306 e. The summed E-state index contributed by atoms with van der Waals surface area (Å²) in [5.74, 6) is -2.37. The number of hydrogen-bond acceptors (Lipinski definition) is 5. The van der Waals surface area contributed by atoms with E-state index in [2.05, 4.69) is 4.72 Å². The Bertz CT molecular complexity index is 1680. The number of carbonyl (C=O) groups excluding carboxylic acids is 1. The maximum absolute atomic E-state index is 14.8. The Hall–Kier alpha value is -3.02. The fourth-order valence-corrected chi connectivity index (χ4v) is 8.38. The lowest BCUT2D eigenvalue weighted by atomic mass is 9.89. The van der Waals surface area contributed by atoms with Gasteiger partial charge in [-0.1, -0.05) is 65.7 Å². The number of nitrogens with one attached hydrogen (secondary N) is 1. The Kier molecular flexibility index (Phi) is 8.49. The standard InChI is InChI=1S/C32H31Cl2FN2O6S/c33-22-12-10-20(11-13-22)29-30(21-4-3-5-23(34)16-21)43-27(17-28(38)39)31(40)37(29)26(19-8-9-19)18-36-44(41,42)32(14-15-32)24-6-1-2-7-25(24)35/h1-7,10-13,16,19,26-27,29-30,36H,8-9,14-15,17-18H2,(H,38,39)/t26-,27+,29-,30-/m1/s1. The molecule has 0 bridgehead atoms. The largest absolute Gasteiger partial charge is 0.481 e. The van der Waals surface area contributed by atoms with Gasteiger partial charge in [0.2, 0.25) is 10.0 Å². The zero-order chi connectivity index (χ0) is 31.2. The summed E-state index contributed by atoms with van der Waals surface area (Å²) in [5, 5.41) is 10.6. The first-order valence-electron chi connectivity index (χ1n) is 14.5. The molecule has 3 aliphatic rings. The van der Waals surface area contributed by atoms with Gasteiger partial charge in [0.15, 0.2) is 0 Å². The van der Waals surface area contributed by atoms with Crippen molar-refractivity contribution in [1.82, 2.24) is 9.62 Å². The topological polar surface area (TPSA) is 113 Å². The summed E-state index contributed by atoms with van der Waals surface area (Å²) in [6.07, 6.45) is -0.631. The van der Waals surface area contributed by atoms with Gasteiger partial charge >= 0.3 is 5.97 Å². The first kappa shape index (κ1) is 31.0. The number of morpholine rings is 1. The Morgan fingerprint density at radius 2 is 1.73 bits per heavy atom. The van der Waals surface area contributed by atoms with E-state index < -0.39 is 63.2 Å². The summed E-state index contributed by atoms with van der Waals surface area (Å²) in [6.45, 7) is -0.124. The number of hydrogen-bond donors (Lipinski definition) is 2. The van der Waals surface area contributed by atoms with Crippen LogP contribution in [-0.4, -0.2) is 49.0 Å². The van der Waals surface area contributed by atoms with Crippen LogP contribution < -0.4 is 4.72 Å². The van der Waals surface area contributed by atoms with Crippen LogP contribution in [0, 0.1) is 11.7 Å². The van der Waals surface area contributed by atoms with Crippen LogP contribution in [0.5, 0.6) is 0 Å². The zero-order valence-electron chi connectivity index (χ0n) is 23.5. The normalized spacial score (nSPS) is 23.8. The zero-order valence-corrected chi connectivity index (χ0v) is 25.9. The molecule has 0 radical (unpaired) electrons. The lowest BCUT2D eigenvalue weighted by Crippen LogP contribution is -2.58. The second-order valence-corrected chi connectivity index (χ2v) is 14.6. The van der Waals surface area contributed by atoms with Crippen LogP contribution in [0.4, 0.5) is 4.39 Å². The van der Waals surface area contributed by atoms with Crippen LogP contribution in [0.15, 0.2) is 72.8 Å². The molecule has 1 aliphatic heterocycles. The van der Waals surface area contributed by atoms with E-state index in [9.17, 15) is 27.5 Å². The molecule has 0 aromatic heterocycles. The van der Waals surface area contributed by atoms with E-state index in [-0.39, 0.29) is 30.9 Å². The van der Waals surface area contributed by atoms with E-state index in [0.29, 0.717) is 21.2 Å². The number of carboxylic acid groups (broad SMARTS) is 1. The molecule has 0 spiro atoms. The Labute approximate surface area is 265 Å². The van der Waals surface area contributed by atoms with Gasteiger partial charge in [0.1, 0.15) is 22.8 Å². The highest BCUT2D eigenvalue weighted by atomic mass is 35.5. The van der Waals surface area contributed by atoms with Gasteiger partial charge in [0.05, 0.1) is 12.5 Å². The molecule has 8 nitrogen and oxygen atoms in total. The molecule has 232 valence electrons. The highest BCUT2D eigenvalue weighted by Crippen LogP contribution is 2.53. The van der Waals surface area contributed by atoms with Crippen molar-refractivity contribution in [3.05, 3.63) is 105 Å². The third-order valence-electron chi connectivity index (χ3n) is 8.77. The summed E-state index contributed by atoms with van der Waals surface area (Å²) in [7, 11) is -4.06. The van der Waals surface area contributed by atoms with Crippen LogP contribution in [0.3, 0.4) is 0 Å². The van der Waals surface area contributed by atoms with Gasteiger partial charge in [-0.15, -0.1) is 0 Å². The van der Waals surface area contributed by atoms with E-state index in [4.69, 9.17) is 27.9 Å². The van der Waals surface area contributed by atoms with Crippen LogP contribution in [-0.2, 0) is 29.1 Å². The van der Waals surface area contributed by atoms with Crippen LogP contribution in [0.2, 0.25) is 10.0 Å². The van der Waals surface area contributed by atoms with Gasteiger partial charge in [-0.2, -0.15) is 0 Å². The molecule has 3 aromatic rings. The molecule has 1 saturated heterocycles. The van der Waals surface area contributed by atoms with Crippen molar-refractivity contribution in [3.8, 4) is 0 Å². The molecule has 3 fully saturated rings. The minimum Gasteiger partial charge on any atom is -0.481 e. The second kappa shape index (κ2) is 12.1. The number of carboxylic acids is 1. The number of carbonyl (C=O) groups is 2. The lowest BCUT2D eigenvalue weighted by molar-refractivity contribution is -0.184. The van der Waals surface area contributed by atoms with Crippen LogP contribution in [0.25, 0.3) is 0 Å². The van der Waals surface area contributed by atoms with Gasteiger partial charge < -0.3 is 14.7 Å². The van der Waals surface area contributed by atoms with Gasteiger partial charge in [-0.3, -0.25) is 9.59 Å². The SMILES string of the molecule is O=C(O)C[C@@H]1O[C@H](c2cccc(Cl)c2)[C@@H](c2ccc(Cl)cc2)N([C@H](CNS(=O)(=O)C2(c3ccccc3F)CC2)C2CC2)C1=O. The molecule has 44 heavy (non-hydrogen) atoms. The first-order valence-corrected chi connectivity index (χ1v) is 16.7. The molecule has 12 heteroatoms. The fraction of sp³-hybridized carbons (Fsp3) is 0.375. The number of rotatable bonds is 11. The van der Waals surface area contributed by atoms with Gasteiger partial charge in [-0.05, 0) is 73.1 Å². The minimum absolute atomic E-state index is 0.0383. The van der Waals surface area contributed by atoms with Crippen molar-refractivity contribution < 1.29 is 32.2 Å². The average molecular weight is 662 g/mol. The summed E-state index contributed by atoms with van der Waals surface area (Å²) in [4.78, 5) is 27.6. The van der Waals surface area contributed by atoms with E-state index in [1.54, 1.807) is 59.5 Å². The monoisotopic (exact) mass is 660 g/mol. The predicted octanol–water partition coefficient (Wildman–Crippen LogP) is 6.00. The quantitative estimate of drug-likeness (QED) is 0.261. The number of benzene rings is 3. The van der Waals surface area contributed by atoms with Crippen molar-refractivity contribution in [1.29, 1.82) is 0 Å². The minimum atomic E-state index is -4.06. The van der Waals surface area contributed by atoms with Crippen LogP contribution >= 0.6 is 23.2 Å². The number of halogens is 3. The van der Waals surface area contributed by atoms with Crippen molar-refractivity contribution in [2.75, 3.05) is 6.54 Å². The number of aliphatic carboxylic acids is 1. The van der Waals surface area contributed by atoms with Crippen molar-refractivity contribution in [2.45, 2.75) is 61.1 Å². The molecule has 4 atom stereocenters. The Balaban J connectivity index is 1.40. The summed E-state index contributed by atoms with van der Waals surface area (Å²) in [5.41, 5.74) is 1.44. The number of nitrogens with zero attached hydrogens (tertiary/aromatic N) is 1. The molecule has 6 rings (SSSR count). The van der Waals surface area contributed by atoms with E-state index in [1.807, 2.05) is 0 Å². The number of ether oxygens (including phenoxy) is 1. The molecular weight excluding hydrogens is 630 g/mol. The molecule has 0 unspecified atom stereocenters. The molecule has 1 amide bonds.